The molecule has 0 amide bonds. The summed E-state index contributed by atoms with van der Waals surface area (Å²) in [4.78, 5) is 0. The second-order valence-corrected chi connectivity index (χ2v) is 4.60. The minimum atomic E-state index is -0.186. The highest BCUT2D eigenvalue weighted by molar-refractivity contribution is 5.59. The number of benzene rings is 1. The van der Waals surface area contributed by atoms with Gasteiger partial charge < -0.3 is 10.1 Å². The first-order valence-electron chi connectivity index (χ1n) is 5.26. The molecule has 1 N–H and O–H groups in total. The molecule has 0 aromatic heterocycles. The Kier molecular flexibility index (Phi) is 3.92. The Morgan fingerprint density at radius 3 is 2.69 bits per heavy atom. The SMILES string of the molecule is COCC(C)(C)Nc1cc(C)ccc1C#N. The van der Waals surface area contributed by atoms with E-state index in [-0.39, 0.29) is 5.54 Å². The summed E-state index contributed by atoms with van der Waals surface area (Å²) in [6, 6.07) is 7.94. The van der Waals surface area contributed by atoms with Gasteiger partial charge in [-0.2, -0.15) is 5.26 Å². The number of nitrogens with zero attached hydrogens (tertiary/aromatic N) is 1. The molecule has 0 unspecified atom stereocenters. The summed E-state index contributed by atoms with van der Waals surface area (Å²) in [7, 11) is 1.67. The number of rotatable bonds is 4. The van der Waals surface area contributed by atoms with Crippen molar-refractivity contribution in [3.05, 3.63) is 29.3 Å². The lowest BCUT2D eigenvalue weighted by Crippen LogP contribution is -2.36. The molecular weight excluding hydrogens is 200 g/mol. The minimum absolute atomic E-state index is 0.186. The lowest BCUT2D eigenvalue weighted by atomic mass is 10.0. The molecule has 0 saturated carbocycles. The normalized spacial score (nSPS) is 10.9. The van der Waals surface area contributed by atoms with Gasteiger partial charge in [0.2, 0.25) is 0 Å². The number of methoxy groups -OCH3 is 1. The molecule has 1 aromatic rings. The molecule has 3 nitrogen and oxygen atoms in total. The molecule has 86 valence electrons. The molecule has 3 heteroatoms. The Bertz CT molecular complexity index is 405. The highest BCUT2D eigenvalue weighted by Crippen LogP contribution is 2.21. The molecule has 0 radical (unpaired) electrons. The number of hydrogen-bond donors (Lipinski definition) is 1. The van der Waals surface area contributed by atoms with Gasteiger partial charge in [-0.3, -0.25) is 0 Å². The summed E-state index contributed by atoms with van der Waals surface area (Å²) < 4.78 is 5.14. The van der Waals surface area contributed by atoms with Crippen LogP contribution in [0.4, 0.5) is 5.69 Å². The summed E-state index contributed by atoms with van der Waals surface area (Å²) in [5.41, 5.74) is 2.47. The van der Waals surface area contributed by atoms with E-state index in [2.05, 4.69) is 11.4 Å². The third-order valence-electron chi connectivity index (χ3n) is 2.27. The fourth-order valence-electron chi connectivity index (χ4n) is 1.62. The average molecular weight is 218 g/mol. The van der Waals surface area contributed by atoms with Gasteiger partial charge >= 0.3 is 0 Å². The molecule has 0 spiro atoms. The van der Waals surface area contributed by atoms with Crippen molar-refractivity contribution in [3.63, 3.8) is 0 Å². The molecule has 16 heavy (non-hydrogen) atoms. The minimum Gasteiger partial charge on any atom is -0.382 e. The van der Waals surface area contributed by atoms with Crippen LogP contribution in [0, 0.1) is 18.3 Å². The van der Waals surface area contributed by atoms with Crippen LogP contribution in [-0.2, 0) is 4.74 Å². The molecule has 1 aromatic carbocycles. The van der Waals surface area contributed by atoms with Crippen LogP contribution in [0.1, 0.15) is 25.0 Å². The van der Waals surface area contributed by atoms with Crippen molar-refractivity contribution >= 4 is 5.69 Å². The number of nitrogens with one attached hydrogen (secondary N) is 1. The molecule has 0 atom stereocenters. The van der Waals surface area contributed by atoms with Gasteiger partial charge in [0.25, 0.3) is 0 Å². The first-order valence-corrected chi connectivity index (χ1v) is 5.26. The molecule has 0 aliphatic heterocycles. The highest BCUT2D eigenvalue weighted by atomic mass is 16.5. The van der Waals surface area contributed by atoms with Crippen LogP contribution in [0.15, 0.2) is 18.2 Å². The Morgan fingerprint density at radius 1 is 1.44 bits per heavy atom. The van der Waals surface area contributed by atoms with Crippen LogP contribution in [0.25, 0.3) is 0 Å². The van der Waals surface area contributed by atoms with Crippen molar-refractivity contribution in [1.29, 1.82) is 5.26 Å². The quantitative estimate of drug-likeness (QED) is 0.845. The van der Waals surface area contributed by atoms with Crippen molar-refractivity contribution in [1.82, 2.24) is 0 Å². The van der Waals surface area contributed by atoms with Crippen LogP contribution in [0.5, 0.6) is 0 Å². The summed E-state index contributed by atoms with van der Waals surface area (Å²) in [6.07, 6.45) is 0. The monoisotopic (exact) mass is 218 g/mol. The van der Waals surface area contributed by atoms with E-state index in [0.29, 0.717) is 12.2 Å². The lowest BCUT2D eigenvalue weighted by Gasteiger charge is -2.27. The maximum atomic E-state index is 9.01. The maximum absolute atomic E-state index is 9.01. The topological polar surface area (TPSA) is 45.0 Å². The van der Waals surface area contributed by atoms with E-state index in [0.717, 1.165) is 11.3 Å². The molecule has 0 fully saturated rings. The first-order chi connectivity index (χ1) is 7.48. The number of hydrogen-bond acceptors (Lipinski definition) is 3. The van der Waals surface area contributed by atoms with E-state index in [4.69, 9.17) is 10.00 Å². The van der Waals surface area contributed by atoms with Crippen molar-refractivity contribution in [3.8, 4) is 6.07 Å². The van der Waals surface area contributed by atoms with Crippen molar-refractivity contribution < 1.29 is 4.74 Å². The zero-order valence-electron chi connectivity index (χ0n) is 10.3. The van der Waals surface area contributed by atoms with Gasteiger partial charge in [0, 0.05) is 7.11 Å². The maximum Gasteiger partial charge on any atom is 0.101 e. The number of ether oxygens (including phenoxy) is 1. The first kappa shape index (κ1) is 12.5. The second kappa shape index (κ2) is 5.00. The highest BCUT2D eigenvalue weighted by Gasteiger charge is 2.18. The smallest absolute Gasteiger partial charge is 0.101 e. The molecule has 0 heterocycles. The molecule has 1 rings (SSSR count). The molecular formula is C13H18N2O. The predicted octanol–water partition coefficient (Wildman–Crippen LogP) is 2.70. The van der Waals surface area contributed by atoms with Gasteiger partial charge in [-0.1, -0.05) is 6.07 Å². The van der Waals surface area contributed by atoms with E-state index >= 15 is 0 Å². The summed E-state index contributed by atoms with van der Waals surface area (Å²) in [6.45, 7) is 6.68. The van der Waals surface area contributed by atoms with Gasteiger partial charge in [-0.25, -0.2) is 0 Å². The predicted molar refractivity (Wildman–Crippen MR) is 65.5 cm³/mol. The second-order valence-electron chi connectivity index (χ2n) is 4.60. The van der Waals surface area contributed by atoms with Crippen LogP contribution < -0.4 is 5.32 Å². The van der Waals surface area contributed by atoms with Gasteiger partial charge in [0.15, 0.2) is 0 Å². The molecule has 0 saturated heterocycles. The van der Waals surface area contributed by atoms with E-state index in [9.17, 15) is 0 Å². The number of anilines is 1. The third kappa shape index (κ3) is 3.25. The lowest BCUT2D eigenvalue weighted by molar-refractivity contribution is 0.158. The van der Waals surface area contributed by atoms with Crippen molar-refractivity contribution in [2.75, 3.05) is 19.0 Å². The Labute approximate surface area is 97.0 Å². The van der Waals surface area contributed by atoms with Crippen LogP contribution in [0.3, 0.4) is 0 Å². The number of aryl methyl sites for hydroxylation is 1. The summed E-state index contributed by atoms with van der Waals surface area (Å²) >= 11 is 0. The van der Waals surface area contributed by atoms with Gasteiger partial charge in [0.1, 0.15) is 6.07 Å². The third-order valence-corrected chi connectivity index (χ3v) is 2.27. The summed E-state index contributed by atoms with van der Waals surface area (Å²) in [5, 5.41) is 12.3. The zero-order valence-corrected chi connectivity index (χ0v) is 10.3. The molecule has 0 bridgehead atoms. The Hall–Kier alpha value is -1.53. The van der Waals surface area contributed by atoms with E-state index in [1.807, 2.05) is 39.0 Å². The Balaban J connectivity index is 2.96. The van der Waals surface area contributed by atoms with E-state index in [1.165, 1.54) is 0 Å². The van der Waals surface area contributed by atoms with Crippen LogP contribution in [0.2, 0.25) is 0 Å². The van der Waals surface area contributed by atoms with Crippen molar-refractivity contribution in [2.45, 2.75) is 26.3 Å². The van der Waals surface area contributed by atoms with Gasteiger partial charge in [0.05, 0.1) is 23.4 Å². The molecule has 0 aliphatic rings. The fraction of sp³-hybridized carbons (Fsp3) is 0.462. The van der Waals surface area contributed by atoms with Gasteiger partial charge in [-0.05, 0) is 38.5 Å². The van der Waals surface area contributed by atoms with Crippen LogP contribution >= 0.6 is 0 Å². The average Bonchev–Trinajstić information content (AvgIpc) is 2.17. The fourth-order valence-corrected chi connectivity index (χ4v) is 1.62. The van der Waals surface area contributed by atoms with E-state index in [1.54, 1.807) is 7.11 Å². The standard InChI is InChI=1S/C13H18N2O/c1-10-5-6-11(8-14)12(7-10)15-13(2,3)9-16-4/h5-7,15H,9H2,1-4H3. The largest absolute Gasteiger partial charge is 0.382 e. The van der Waals surface area contributed by atoms with Crippen molar-refractivity contribution in [2.24, 2.45) is 0 Å². The number of nitriles is 1. The zero-order chi connectivity index (χ0) is 12.2. The van der Waals surface area contributed by atoms with Crippen LogP contribution in [-0.4, -0.2) is 19.3 Å². The molecule has 0 aliphatic carbocycles. The summed E-state index contributed by atoms with van der Waals surface area (Å²) in [5.74, 6) is 0. The Morgan fingerprint density at radius 2 is 2.12 bits per heavy atom. The van der Waals surface area contributed by atoms with Gasteiger partial charge in [-0.15, -0.1) is 0 Å². The van der Waals surface area contributed by atoms with E-state index < -0.39 is 0 Å².